The van der Waals surface area contributed by atoms with Crippen LogP contribution in [0, 0.1) is 13.8 Å². The van der Waals surface area contributed by atoms with Crippen LogP contribution in [0.25, 0.3) is 6.08 Å². The number of nitrogens with one attached hydrogen (secondary N) is 2. The van der Waals surface area contributed by atoms with Gasteiger partial charge in [0, 0.05) is 5.69 Å². The number of carbonyl (C=O) groups is 4. The second-order valence-corrected chi connectivity index (χ2v) is 11.4. The van der Waals surface area contributed by atoms with E-state index in [1.165, 1.54) is 6.08 Å². The lowest BCUT2D eigenvalue weighted by atomic mass is 10.1. The van der Waals surface area contributed by atoms with Crippen molar-refractivity contribution in [3.63, 3.8) is 0 Å². The number of carbonyl (C=O) groups excluding carboxylic acids is 4. The van der Waals surface area contributed by atoms with Crippen LogP contribution in [0.15, 0.2) is 95.0 Å². The Morgan fingerprint density at radius 3 is 2.38 bits per heavy atom. The van der Waals surface area contributed by atoms with Crippen LogP contribution in [-0.4, -0.2) is 37.0 Å². The minimum absolute atomic E-state index is 0.259. The molecular weight excluding hydrogens is 666 g/mol. The molecule has 0 bridgehead atoms. The average molecular weight is 699 g/mol. The standard InChI is InChI=1S/C36H32BrN3O7/c1-4-45-31-19-25(18-29(37)33(31)47-21-32(41)38-30-12-8-9-22(2)23(30)3)17-28-34(42)39-36(44)40(35(28)43)26-13-15-27(16-14-26)46-20-24-10-6-5-7-11-24/h5-19H,4,20-21H2,1-3H3,(H,38,41)(H,39,42,44)/b28-17-. The first-order valence-corrected chi connectivity index (χ1v) is 15.6. The smallest absolute Gasteiger partial charge is 0.335 e. The van der Waals surface area contributed by atoms with Gasteiger partial charge in [-0.2, -0.15) is 0 Å². The zero-order valence-electron chi connectivity index (χ0n) is 26.0. The maximum atomic E-state index is 13.5. The van der Waals surface area contributed by atoms with E-state index in [1.807, 2.05) is 62.4 Å². The largest absolute Gasteiger partial charge is 0.490 e. The van der Waals surface area contributed by atoms with Crippen LogP contribution in [0.1, 0.15) is 29.2 Å². The normalized spacial score (nSPS) is 13.7. The fourth-order valence-electron chi connectivity index (χ4n) is 4.78. The number of aryl methyl sites for hydroxylation is 1. The second kappa shape index (κ2) is 14.8. The van der Waals surface area contributed by atoms with Gasteiger partial charge in [-0.05, 0) is 107 Å². The highest BCUT2D eigenvalue weighted by Gasteiger charge is 2.37. The Balaban J connectivity index is 1.32. The molecular formula is C36H32BrN3O7. The van der Waals surface area contributed by atoms with Gasteiger partial charge in [-0.15, -0.1) is 0 Å². The van der Waals surface area contributed by atoms with Gasteiger partial charge in [-0.1, -0.05) is 42.5 Å². The van der Waals surface area contributed by atoms with Crippen LogP contribution in [0.4, 0.5) is 16.2 Å². The number of benzene rings is 4. The van der Waals surface area contributed by atoms with E-state index in [0.29, 0.717) is 28.1 Å². The summed E-state index contributed by atoms with van der Waals surface area (Å²) in [6.07, 6.45) is 1.36. The lowest BCUT2D eigenvalue weighted by Gasteiger charge is -2.26. The van der Waals surface area contributed by atoms with Crippen molar-refractivity contribution >= 4 is 57.1 Å². The minimum Gasteiger partial charge on any atom is -0.490 e. The summed E-state index contributed by atoms with van der Waals surface area (Å²) in [5.74, 6) is -0.880. The lowest BCUT2D eigenvalue weighted by molar-refractivity contribution is -0.122. The predicted molar refractivity (Wildman–Crippen MR) is 182 cm³/mol. The van der Waals surface area contributed by atoms with Crippen molar-refractivity contribution in [3.05, 3.63) is 117 Å². The predicted octanol–water partition coefficient (Wildman–Crippen LogP) is 6.73. The molecule has 1 aliphatic rings. The third-order valence-electron chi connectivity index (χ3n) is 7.31. The summed E-state index contributed by atoms with van der Waals surface area (Å²) >= 11 is 3.47. The van der Waals surface area contributed by atoms with E-state index in [9.17, 15) is 19.2 Å². The van der Waals surface area contributed by atoms with E-state index in [1.54, 1.807) is 43.3 Å². The van der Waals surface area contributed by atoms with Gasteiger partial charge >= 0.3 is 6.03 Å². The van der Waals surface area contributed by atoms with Crippen LogP contribution < -0.4 is 29.7 Å². The molecule has 1 fully saturated rings. The number of hydrogen-bond acceptors (Lipinski definition) is 7. The number of amides is 5. The van der Waals surface area contributed by atoms with Gasteiger partial charge in [0.2, 0.25) is 0 Å². The first-order valence-electron chi connectivity index (χ1n) is 14.8. The highest BCUT2D eigenvalue weighted by molar-refractivity contribution is 9.10. The van der Waals surface area contributed by atoms with E-state index in [2.05, 4.69) is 26.6 Å². The average Bonchev–Trinajstić information content (AvgIpc) is 3.05. The molecule has 0 aromatic heterocycles. The quantitative estimate of drug-likeness (QED) is 0.132. The maximum Gasteiger partial charge on any atom is 0.335 e. The van der Waals surface area contributed by atoms with Crippen LogP contribution in [0.5, 0.6) is 17.2 Å². The summed E-state index contributed by atoms with van der Waals surface area (Å²) in [4.78, 5) is 52.7. The van der Waals surface area contributed by atoms with Crippen LogP contribution in [0.3, 0.4) is 0 Å². The number of urea groups is 1. The number of nitrogens with zero attached hydrogens (tertiary/aromatic N) is 1. The summed E-state index contributed by atoms with van der Waals surface area (Å²) in [7, 11) is 0. The highest BCUT2D eigenvalue weighted by Crippen LogP contribution is 2.38. The van der Waals surface area contributed by atoms with E-state index >= 15 is 0 Å². The molecule has 0 spiro atoms. The summed E-state index contributed by atoms with van der Waals surface area (Å²) in [6.45, 7) is 6.02. The molecule has 0 unspecified atom stereocenters. The summed E-state index contributed by atoms with van der Waals surface area (Å²) in [5.41, 5.74) is 4.12. The Labute approximate surface area is 280 Å². The van der Waals surface area contributed by atoms with Crippen molar-refractivity contribution < 1.29 is 33.4 Å². The van der Waals surface area contributed by atoms with E-state index in [0.717, 1.165) is 21.6 Å². The second-order valence-electron chi connectivity index (χ2n) is 10.6. The van der Waals surface area contributed by atoms with Gasteiger partial charge in [0.05, 0.1) is 16.8 Å². The molecule has 2 N–H and O–H groups in total. The van der Waals surface area contributed by atoms with Crippen molar-refractivity contribution in [2.75, 3.05) is 23.4 Å². The van der Waals surface area contributed by atoms with Crippen LogP contribution in [0.2, 0.25) is 0 Å². The van der Waals surface area contributed by atoms with Crippen molar-refractivity contribution in [3.8, 4) is 17.2 Å². The molecule has 4 aromatic carbocycles. The van der Waals surface area contributed by atoms with Crippen LogP contribution in [-0.2, 0) is 21.0 Å². The monoisotopic (exact) mass is 697 g/mol. The molecule has 1 saturated heterocycles. The first-order chi connectivity index (χ1) is 22.6. The number of hydrogen-bond donors (Lipinski definition) is 2. The Morgan fingerprint density at radius 1 is 0.915 bits per heavy atom. The van der Waals surface area contributed by atoms with Gasteiger partial charge in [-0.25, -0.2) is 9.69 Å². The highest BCUT2D eigenvalue weighted by atomic mass is 79.9. The molecule has 5 rings (SSSR count). The number of halogens is 1. The molecule has 0 radical (unpaired) electrons. The SMILES string of the molecule is CCOc1cc(/C=C2/C(=O)NC(=O)N(c3ccc(OCc4ccccc4)cc3)C2=O)cc(Br)c1OCC(=O)Nc1cccc(C)c1C. The molecule has 47 heavy (non-hydrogen) atoms. The molecule has 1 aliphatic heterocycles. The van der Waals surface area contributed by atoms with E-state index < -0.39 is 17.8 Å². The molecule has 1 heterocycles. The molecule has 5 amide bonds. The van der Waals surface area contributed by atoms with Crippen molar-refractivity contribution in [2.45, 2.75) is 27.4 Å². The fourth-order valence-corrected chi connectivity index (χ4v) is 5.35. The van der Waals surface area contributed by atoms with Gasteiger partial charge in [0.1, 0.15) is 17.9 Å². The summed E-state index contributed by atoms with van der Waals surface area (Å²) < 4.78 is 17.8. The zero-order chi connectivity index (χ0) is 33.5. The van der Waals surface area contributed by atoms with Crippen molar-refractivity contribution in [1.82, 2.24) is 5.32 Å². The Morgan fingerprint density at radius 2 is 1.66 bits per heavy atom. The molecule has 0 atom stereocenters. The Kier molecular flexibility index (Phi) is 10.4. The van der Waals surface area contributed by atoms with Gasteiger partial charge in [0.25, 0.3) is 17.7 Å². The Bertz CT molecular complexity index is 1860. The third-order valence-corrected chi connectivity index (χ3v) is 7.90. The van der Waals surface area contributed by atoms with Crippen LogP contribution >= 0.6 is 15.9 Å². The first kappa shape index (κ1) is 33.0. The number of ether oxygens (including phenoxy) is 3. The van der Waals surface area contributed by atoms with Gasteiger partial charge < -0.3 is 19.5 Å². The number of anilines is 2. The zero-order valence-corrected chi connectivity index (χ0v) is 27.6. The van der Waals surface area contributed by atoms with Crippen molar-refractivity contribution in [2.24, 2.45) is 0 Å². The van der Waals surface area contributed by atoms with E-state index in [4.69, 9.17) is 14.2 Å². The Hall–Kier alpha value is -5.42. The lowest BCUT2D eigenvalue weighted by Crippen LogP contribution is -2.54. The molecule has 10 nitrogen and oxygen atoms in total. The summed E-state index contributed by atoms with van der Waals surface area (Å²) in [5, 5.41) is 5.09. The molecule has 240 valence electrons. The van der Waals surface area contributed by atoms with Gasteiger partial charge in [0.15, 0.2) is 18.1 Å². The number of rotatable bonds is 11. The van der Waals surface area contributed by atoms with Crippen molar-refractivity contribution in [1.29, 1.82) is 0 Å². The topological polar surface area (TPSA) is 123 Å². The molecule has 4 aromatic rings. The molecule has 11 heteroatoms. The number of barbiturate groups is 1. The molecule has 0 aliphatic carbocycles. The van der Waals surface area contributed by atoms with Gasteiger partial charge in [-0.3, -0.25) is 19.7 Å². The fraction of sp³-hybridized carbons (Fsp3) is 0.167. The number of imide groups is 2. The minimum atomic E-state index is -0.867. The van der Waals surface area contributed by atoms with E-state index in [-0.39, 0.29) is 41.9 Å². The third kappa shape index (κ3) is 7.87. The molecule has 0 saturated carbocycles. The summed E-state index contributed by atoms with van der Waals surface area (Å²) in [6, 6.07) is 24.0. The maximum absolute atomic E-state index is 13.5.